The average molecular weight is 425 g/mol. The van der Waals surface area contributed by atoms with E-state index in [9.17, 15) is 14.7 Å². The zero-order chi connectivity index (χ0) is 22.6. The van der Waals surface area contributed by atoms with Crippen molar-refractivity contribution >= 4 is 11.9 Å². The van der Waals surface area contributed by atoms with Gasteiger partial charge in [-0.05, 0) is 48.4 Å². The minimum Gasteiger partial charge on any atom is -0.491 e. The summed E-state index contributed by atoms with van der Waals surface area (Å²) < 4.78 is 5.65. The van der Waals surface area contributed by atoms with Crippen LogP contribution in [0.15, 0.2) is 54.6 Å². The summed E-state index contributed by atoms with van der Waals surface area (Å²) in [6, 6.07) is 17.1. The first kappa shape index (κ1) is 22.8. The number of carbonyl (C=O) groups excluding carboxylic acids is 2. The number of benzene rings is 2. The molecule has 2 aromatic carbocycles. The van der Waals surface area contributed by atoms with E-state index < -0.39 is 17.7 Å². The number of hydrogen-bond acceptors (Lipinski definition) is 4. The number of β-amino-alcohol motifs (C(OH)–C–C–N with tert-alkyl or cyclic N) is 1. The molecule has 6 nitrogen and oxygen atoms in total. The Morgan fingerprint density at radius 3 is 2.32 bits per heavy atom. The number of rotatable bonds is 8. The summed E-state index contributed by atoms with van der Waals surface area (Å²) >= 11 is 0. The Labute approximate surface area is 184 Å². The first-order valence-electron chi connectivity index (χ1n) is 10.7. The third kappa shape index (κ3) is 5.64. The van der Waals surface area contributed by atoms with Crippen molar-refractivity contribution in [3.63, 3.8) is 0 Å². The number of nitrogens with zero attached hydrogens (tertiary/aromatic N) is 1. The predicted molar refractivity (Wildman–Crippen MR) is 120 cm³/mol. The third-order valence-electron chi connectivity index (χ3n) is 5.66. The van der Waals surface area contributed by atoms with Crippen molar-refractivity contribution in [3.05, 3.63) is 65.7 Å². The van der Waals surface area contributed by atoms with Gasteiger partial charge in [-0.2, -0.15) is 0 Å². The van der Waals surface area contributed by atoms with Crippen LogP contribution < -0.4 is 10.1 Å². The molecule has 0 bridgehead atoms. The Morgan fingerprint density at radius 2 is 1.71 bits per heavy atom. The number of imide groups is 1. The summed E-state index contributed by atoms with van der Waals surface area (Å²) in [6.07, 6.45) is 0.187. The summed E-state index contributed by atoms with van der Waals surface area (Å²) in [5.41, 5.74) is 1.37. The van der Waals surface area contributed by atoms with Crippen molar-refractivity contribution in [3.8, 4) is 5.75 Å². The quantitative estimate of drug-likeness (QED) is 0.634. The lowest BCUT2D eigenvalue weighted by molar-refractivity contribution is -0.132. The minimum atomic E-state index is -0.978. The molecule has 3 amide bonds. The lowest BCUT2D eigenvalue weighted by Crippen LogP contribution is -2.45. The van der Waals surface area contributed by atoms with Crippen LogP contribution in [0.4, 0.5) is 4.79 Å². The number of hydrogen-bond donors (Lipinski definition) is 2. The molecule has 0 aliphatic carbocycles. The molecule has 0 saturated carbocycles. The molecule has 2 aromatic rings. The van der Waals surface area contributed by atoms with E-state index in [0.717, 1.165) is 10.5 Å². The van der Waals surface area contributed by atoms with Gasteiger partial charge in [-0.25, -0.2) is 4.79 Å². The molecule has 1 aliphatic heterocycles. The maximum absolute atomic E-state index is 12.9. The highest BCUT2D eigenvalue weighted by Crippen LogP contribution is 2.25. The summed E-state index contributed by atoms with van der Waals surface area (Å²) in [5, 5.41) is 13.2. The molecule has 0 radical (unpaired) electrons. The Hall–Kier alpha value is -2.86. The van der Waals surface area contributed by atoms with Crippen LogP contribution in [0, 0.1) is 0 Å². The second kappa shape index (κ2) is 9.10. The molecule has 2 N–H and O–H groups in total. The first-order chi connectivity index (χ1) is 14.6. The van der Waals surface area contributed by atoms with Crippen LogP contribution in [0.3, 0.4) is 0 Å². The van der Waals surface area contributed by atoms with E-state index in [1.54, 1.807) is 6.92 Å². The van der Waals surface area contributed by atoms with Gasteiger partial charge in [0.2, 0.25) is 0 Å². The fraction of sp³-hybridized carbons (Fsp3) is 0.440. The SMILES string of the molecule is CC(C)(C)c1ccc(OC[C@H](O)CN2C(=O)N[C@](C)(CCc3ccccc3)C2=O)cc1. The number of amides is 3. The van der Waals surface area contributed by atoms with Crippen LogP contribution in [-0.4, -0.2) is 46.7 Å². The van der Waals surface area contributed by atoms with Crippen molar-refractivity contribution in [1.82, 2.24) is 10.2 Å². The van der Waals surface area contributed by atoms with Gasteiger partial charge in [0, 0.05) is 0 Å². The topological polar surface area (TPSA) is 78.9 Å². The van der Waals surface area contributed by atoms with Gasteiger partial charge in [0.25, 0.3) is 5.91 Å². The second-order valence-corrected chi connectivity index (χ2v) is 9.40. The van der Waals surface area contributed by atoms with E-state index in [1.807, 2.05) is 54.6 Å². The van der Waals surface area contributed by atoms with Crippen LogP contribution in [0.25, 0.3) is 0 Å². The van der Waals surface area contributed by atoms with Gasteiger partial charge < -0.3 is 15.2 Å². The molecule has 0 aromatic heterocycles. The van der Waals surface area contributed by atoms with Crippen LogP contribution in [0.1, 0.15) is 45.2 Å². The molecule has 6 heteroatoms. The Morgan fingerprint density at radius 1 is 1.06 bits per heavy atom. The fourth-order valence-electron chi connectivity index (χ4n) is 3.63. The van der Waals surface area contributed by atoms with E-state index in [2.05, 4.69) is 26.1 Å². The molecule has 31 heavy (non-hydrogen) atoms. The maximum atomic E-state index is 12.9. The summed E-state index contributed by atoms with van der Waals surface area (Å²) in [6.45, 7) is 8.03. The minimum absolute atomic E-state index is 0.00729. The largest absolute Gasteiger partial charge is 0.491 e. The highest BCUT2D eigenvalue weighted by molar-refractivity contribution is 6.06. The molecule has 1 aliphatic rings. The molecule has 0 spiro atoms. The molecule has 166 valence electrons. The molecule has 2 atom stereocenters. The van der Waals surface area contributed by atoms with Gasteiger partial charge in [-0.1, -0.05) is 63.2 Å². The molecular weight excluding hydrogens is 392 g/mol. The van der Waals surface area contributed by atoms with Gasteiger partial charge >= 0.3 is 6.03 Å². The number of carbonyl (C=O) groups is 2. The van der Waals surface area contributed by atoms with Gasteiger partial charge in [0.1, 0.15) is 24.0 Å². The summed E-state index contributed by atoms with van der Waals surface area (Å²) in [4.78, 5) is 26.4. The maximum Gasteiger partial charge on any atom is 0.325 e. The summed E-state index contributed by atoms with van der Waals surface area (Å²) in [7, 11) is 0. The summed E-state index contributed by atoms with van der Waals surface area (Å²) in [5.74, 6) is 0.318. The number of aliphatic hydroxyl groups excluding tert-OH is 1. The van der Waals surface area contributed by atoms with Crippen molar-refractivity contribution in [1.29, 1.82) is 0 Å². The van der Waals surface area contributed by atoms with E-state index in [1.165, 1.54) is 5.56 Å². The highest BCUT2D eigenvalue weighted by Gasteiger charge is 2.47. The van der Waals surface area contributed by atoms with E-state index in [4.69, 9.17) is 4.74 Å². The third-order valence-corrected chi connectivity index (χ3v) is 5.66. The monoisotopic (exact) mass is 424 g/mol. The van der Waals surface area contributed by atoms with Crippen LogP contribution in [-0.2, 0) is 16.6 Å². The molecule has 1 fully saturated rings. The van der Waals surface area contributed by atoms with Crippen molar-refractivity contribution in [2.24, 2.45) is 0 Å². The van der Waals surface area contributed by atoms with Gasteiger partial charge in [0.05, 0.1) is 6.54 Å². The second-order valence-electron chi connectivity index (χ2n) is 9.40. The van der Waals surface area contributed by atoms with Gasteiger partial charge in [-0.15, -0.1) is 0 Å². The van der Waals surface area contributed by atoms with Crippen molar-refractivity contribution in [2.75, 3.05) is 13.2 Å². The number of ether oxygens (including phenoxy) is 1. The molecular formula is C25H32N2O4. The molecule has 1 saturated heterocycles. The van der Waals surface area contributed by atoms with E-state index in [0.29, 0.717) is 18.6 Å². The number of aryl methyl sites for hydroxylation is 1. The number of aliphatic hydroxyl groups is 1. The zero-order valence-corrected chi connectivity index (χ0v) is 18.7. The lowest BCUT2D eigenvalue weighted by Gasteiger charge is -2.23. The van der Waals surface area contributed by atoms with Gasteiger partial charge in [-0.3, -0.25) is 9.69 Å². The standard InChI is InChI=1S/C25H32N2O4/c1-24(2,3)19-10-12-21(13-11-19)31-17-20(28)16-27-22(29)25(4,26-23(27)30)15-14-18-8-6-5-7-9-18/h5-13,20,28H,14-17H2,1-4H3,(H,26,30)/t20-,25-/m1/s1. The van der Waals surface area contributed by atoms with E-state index >= 15 is 0 Å². The average Bonchev–Trinajstić information content (AvgIpc) is 2.94. The normalized spacial score (nSPS) is 20.0. The Kier molecular flexibility index (Phi) is 6.70. The van der Waals surface area contributed by atoms with Crippen molar-refractivity contribution < 1.29 is 19.4 Å². The van der Waals surface area contributed by atoms with Gasteiger partial charge in [0.15, 0.2) is 0 Å². The predicted octanol–water partition coefficient (Wildman–Crippen LogP) is 3.67. The molecule has 0 unspecified atom stereocenters. The molecule has 1 heterocycles. The lowest BCUT2D eigenvalue weighted by atomic mass is 9.87. The van der Waals surface area contributed by atoms with Crippen molar-refractivity contribution in [2.45, 2.75) is 57.6 Å². The van der Waals surface area contributed by atoms with Crippen LogP contribution >= 0.6 is 0 Å². The molecule has 3 rings (SSSR count). The van der Waals surface area contributed by atoms with Crippen LogP contribution in [0.2, 0.25) is 0 Å². The van der Waals surface area contributed by atoms with E-state index in [-0.39, 0.29) is 24.5 Å². The highest BCUT2D eigenvalue weighted by atomic mass is 16.5. The number of urea groups is 1. The number of nitrogens with one attached hydrogen (secondary N) is 1. The van der Waals surface area contributed by atoms with Crippen LogP contribution in [0.5, 0.6) is 5.75 Å². The zero-order valence-electron chi connectivity index (χ0n) is 18.7. The Balaban J connectivity index is 1.53. The smallest absolute Gasteiger partial charge is 0.325 e. The first-order valence-corrected chi connectivity index (χ1v) is 10.7. The fourth-order valence-corrected chi connectivity index (χ4v) is 3.63. The Bertz CT molecular complexity index is 905.